The number of hydrogen-bond acceptors (Lipinski definition) is 2. The number of carbonyl (C=O) groups excluding carboxylic acids is 1. The molecule has 3 heteroatoms. The summed E-state index contributed by atoms with van der Waals surface area (Å²) in [6, 6.07) is 8.20. The van der Waals surface area contributed by atoms with Gasteiger partial charge in [0.25, 0.3) is 0 Å². The van der Waals surface area contributed by atoms with Crippen molar-refractivity contribution in [2.24, 2.45) is 5.92 Å². The van der Waals surface area contributed by atoms with Crippen molar-refractivity contribution < 1.29 is 4.79 Å². The monoisotopic (exact) mass is 244 g/mol. The van der Waals surface area contributed by atoms with Crippen molar-refractivity contribution >= 4 is 11.6 Å². The number of amides is 1. The van der Waals surface area contributed by atoms with E-state index in [2.05, 4.69) is 24.1 Å². The molecule has 2 aliphatic rings. The first-order valence-electron chi connectivity index (χ1n) is 6.81. The Hall–Kier alpha value is -1.35. The van der Waals surface area contributed by atoms with Gasteiger partial charge in [-0.15, -0.1) is 0 Å². The molecule has 0 bridgehead atoms. The van der Waals surface area contributed by atoms with Crippen molar-refractivity contribution in [1.82, 2.24) is 4.90 Å². The van der Waals surface area contributed by atoms with Gasteiger partial charge in [0.2, 0.25) is 5.91 Å². The van der Waals surface area contributed by atoms with Crippen molar-refractivity contribution in [3.63, 3.8) is 0 Å². The Morgan fingerprint density at radius 1 is 1.22 bits per heavy atom. The summed E-state index contributed by atoms with van der Waals surface area (Å²) in [6.45, 7) is 3.23. The Morgan fingerprint density at radius 2 is 1.94 bits per heavy atom. The summed E-state index contributed by atoms with van der Waals surface area (Å²) in [6.07, 6.45) is 3.01. The van der Waals surface area contributed by atoms with Gasteiger partial charge < -0.3 is 9.80 Å². The minimum absolute atomic E-state index is 0.273. The Bertz CT molecular complexity index is 450. The first-order chi connectivity index (χ1) is 8.74. The van der Waals surface area contributed by atoms with Gasteiger partial charge >= 0.3 is 0 Å². The van der Waals surface area contributed by atoms with Crippen LogP contribution in [0.1, 0.15) is 18.4 Å². The molecule has 1 amide bonds. The average molecular weight is 244 g/mol. The number of hydrogen-bond donors (Lipinski definition) is 0. The molecule has 0 atom stereocenters. The maximum absolute atomic E-state index is 12.1. The maximum atomic E-state index is 12.1. The molecular weight excluding hydrogens is 224 g/mol. The third-order valence-electron chi connectivity index (χ3n) is 4.20. The summed E-state index contributed by atoms with van der Waals surface area (Å²) in [4.78, 5) is 16.5. The number of likely N-dealkylation sites (tertiary alicyclic amines) is 1. The van der Waals surface area contributed by atoms with E-state index < -0.39 is 0 Å². The van der Waals surface area contributed by atoms with E-state index in [1.807, 2.05) is 17.0 Å². The van der Waals surface area contributed by atoms with Gasteiger partial charge in [-0.1, -0.05) is 18.2 Å². The molecule has 3 nitrogen and oxygen atoms in total. The third-order valence-corrected chi connectivity index (χ3v) is 4.20. The van der Waals surface area contributed by atoms with E-state index in [0.717, 1.165) is 25.3 Å². The van der Waals surface area contributed by atoms with Crippen LogP contribution in [-0.2, 0) is 11.2 Å². The van der Waals surface area contributed by atoms with Crippen molar-refractivity contribution in [3.05, 3.63) is 29.8 Å². The first kappa shape index (κ1) is 11.7. The highest BCUT2D eigenvalue weighted by Gasteiger charge is 2.29. The van der Waals surface area contributed by atoms with E-state index in [-0.39, 0.29) is 5.91 Å². The Balaban J connectivity index is 1.71. The number of anilines is 1. The number of carbonyl (C=O) groups is 1. The smallest absolute Gasteiger partial charge is 0.231 e. The van der Waals surface area contributed by atoms with Crippen LogP contribution in [0.2, 0.25) is 0 Å². The lowest BCUT2D eigenvalue weighted by atomic mass is 9.96. The standard InChI is InChI=1S/C15H20N2O/c1-16-8-6-12(7-9-16)11-17-14-5-3-2-4-13(14)10-15(17)18/h2-5,12H,6-11H2,1H3. The highest BCUT2D eigenvalue weighted by atomic mass is 16.2. The quantitative estimate of drug-likeness (QED) is 0.793. The van der Waals surface area contributed by atoms with Gasteiger partial charge in [0.15, 0.2) is 0 Å². The molecule has 18 heavy (non-hydrogen) atoms. The fourth-order valence-electron chi connectivity index (χ4n) is 3.02. The zero-order valence-corrected chi connectivity index (χ0v) is 10.9. The number of nitrogens with zero attached hydrogens (tertiary/aromatic N) is 2. The van der Waals surface area contributed by atoms with Crippen LogP contribution in [0, 0.1) is 5.92 Å². The molecule has 1 aromatic rings. The van der Waals surface area contributed by atoms with Gasteiger partial charge in [0.1, 0.15) is 0 Å². The fraction of sp³-hybridized carbons (Fsp3) is 0.533. The van der Waals surface area contributed by atoms with Crippen LogP contribution in [-0.4, -0.2) is 37.5 Å². The average Bonchev–Trinajstić information content (AvgIpc) is 2.69. The highest BCUT2D eigenvalue weighted by Crippen LogP contribution is 2.30. The second kappa shape index (κ2) is 4.73. The summed E-state index contributed by atoms with van der Waals surface area (Å²) in [7, 11) is 2.17. The van der Waals surface area contributed by atoms with E-state index in [1.165, 1.54) is 18.4 Å². The van der Waals surface area contributed by atoms with Gasteiger partial charge in [-0.3, -0.25) is 4.79 Å². The SMILES string of the molecule is CN1CCC(CN2C(=O)Cc3ccccc32)CC1. The van der Waals surface area contributed by atoms with Gasteiger partial charge in [-0.2, -0.15) is 0 Å². The molecule has 0 unspecified atom stereocenters. The molecule has 1 aromatic carbocycles. The van der Waals surface area contributed by atoms with Crippen LogP contribution in [0.4, 0.5) is 5.69 Å². The molecule has 2 heterocycles. The van der Waals surface area contributed by atoms with Gasteiger partial charge in [0, 0.05) is 12.2 Å². The fourth-order valence-corrected chi connectivity index (χ4v) is 3.02. The molecule has 3 rings (SSSR count). The lowest BCUT2D eigenvalue weighted by molar-refractivity contribution is -0.117. The van der Waals surface area contributed by atoms with E-state index in [9.17, 15) is 4.79 Å². The van der Waals surface area contributed by atoms with Crippen LogP contribution in [0.15, 0.2) is 24.3 Å². The second-order valence-electron chi connectivity index (χ2n) is 5.56. The van der Waals surface area contributed by atoms with E-state index in [0.29, 0.717) is 12.3 Å². The van der Waals surface area contributed by atoms with Crippen molar-refractivity contribution in [2.45, 2.75) is 19.3 Å². The minimum atomic E-state index is 0.273. The summed E-state index contributed by atoms with van der Waals surface area (Å²) in [5.41, 5.74) is 2.33. The van der Waals surface area contributed by atoms with E-state index >= 15 is 0 Å². The maximum Gasteiger partial charge on any atom is 0.231 e. The summed E-state index contributed by atoms with van der Waals surface area (Å²) < 4.78 is 0. The molecule has 1 saturated heterocycles. The van der Waals surface area contributed by atoms with Crippen molar-refractivity contribution in [3.8, 4) is 0 Å². The van der Waals surface area contributed by atoms with Crippen LogP contribution in [0.3, 0.4) is 0 Å². The number of piperidine rings is 1. The van der Waals surface area contributed by atoms with Crippen LogP contribution < -0.4 is 4.90 Å². The molecule has 0 N–H and O–H groups in total. The van der Waals surface area contributed by atoms with Crippen molar-refractivity contribution in [2.75, 3.05) is 31.6 Å². The predicted molar refractivity (Wildman–Crippen MR) is 72.7 cm³/mol. The van der Waals surface area contributed by atoms with Gasteiger partial charge in [-0.25, -0.2) is 0 Å². The molecule has 1 fully saturated rings. The normalized spacial score (nSPS) is 21.4. The summed E-state index contributed by atoms with van der Waals surface area (Å²) in [5.74, 6) is 0.937. The van der Waals surface area contributed by atoms with Crippen LogP contribution in [0.5, 0.6) is 0 Å². The van der Waals surface area contributed by atoms with E-state index in [4.69, 9.17) is 0 Å². The Labute approximate surface area is 108 Å². The zero-order chi connectivity index (χ0) is 12.5. The molecule has 0 spiro atoms. The molecule has 0 radical (unpaired) electrons. The molecule has 0 aliphatic carbocycles. The lowest BCUT2D eigenvalue weighted by Crippen LogP contribution is -2.38. The number of benzene rings is 1. The number of para-hydroxylation sites is 1. The zero-order valence-electron chi connectivity index (χ0n) is 10.9. The molecule has 96 valence electrons. The Kier molecular flexibility index (Phi) is 3.08. The number of rotatable bonds is 2. The van der Waals surface area contributed by atoms with Crippen LogP contribution in [0.25, 0.3) is 0 Å². The minimum Gasteiger partial charge on any atom is -0.312 e. The Morgan fingerprint density at radius 3 is 2.72 bits per heavy atom. The molecule has 0 aromatic heterocycles. The first-order valence-corrected chi connectivity index (χ1v) is 6.81. The van der Waals surface area contributed by atoms with Crippen LogP contribution >= 0.6 is 0 Å². The topological polar surface area (TPSA) is 23.6 Å². The third kappa shape index (κ3) is 2.15. The summed E-state index contributed by atoms with van der Waals surface area (Å²) >= 11 is 0. The predicted octanol–water partition coefficient (Wildman–Crippen LogP) is 1.92. The molecule has 0 saturated carbocycles. The van der Waals surface area contributed by atoms with Gasteiger partial charge in [-0.05, 0) is 50.5 Å². The van der Waals surface area contributed by atoms with Gasteiger partial charge in [0.05, 0.1) is 6.42 Å². The summed E-state index contributed by atoms with van der Waals surface area (Å²) in [5, 5.41) is 0. The largest absolute Gasteiger partial charge is 0.312 e. The highest BCUT2D eigenvalue weighted by molar-refractivity contribution is 6.01. The van der Waals surface area contributed by atoms with Crippen molar-refractivity contribution in [1.29, 1.82) is 0 Å². The molecule has 2 aliphatic heterocycles. The lowest BCUT2D eigenvalue weighted by Gasteiger charge is -2.31. The van der Waals surface area contributed by atoms with E-state index in [1.54, 1.807) is 0 Å². The molecular formula is C15H20N2O. The number of fused-ring (bicyclic) bond motifs is 1. The second-order valence-corrected chi connectivity index (χ2v) is 5.56.